The first-order valence-corrected chi connectivity index (χ1v) is 11.0. The Kier molecular flexibility index (Phi) is 6.46. The first kappa shape index (κ1) is 21.6. The second kappa shape index (κ2) is 9.26. The van der Waals surface area contributed by atoms with Gasteiger partial charge in [0.05, 0.1) is 16.9 Å². The standard InChI is InChI=1S/C23H22BrF3N4/c24-18-13-16(23(25,26)27)11-12-19(18)29-21-14-20(15-7-3-1-4-8-15)30-22(31-21)28-17-9-5-2-6-10-17/h1,3-4,7-8,11-14,17H,2,5-6,9-10H2,(H2,28,29,30,31). The molecule has 0 saturated heterocycles. The van der Waals surface area contributed by atoms with E-state index in [2.05, 4.69) is 36.5 Å². The van der Waals surface area contributed by atoms with Gasteiger partial charge in [0.15, 0.2) is 0 Å². The number of benzene rings is 2. The summed E-state index contributed by atoms with van der Waals surface area (Å²) in [5, 5.41) is 6.57. The van der Waals surface area contributed by atoms with Crippen molar-refractivity contribution in [2.75, 3.05) is 10.6 Å². The molecule has 0 bridgehead atoms. The largest absolute Gasteiger partial charge is 0.416 e. The molecular formula is C23H22BrF3N4. The first-order valence-electron chi connectivity index (χ1n) is 10.2. The quantitative estimate of drug-likeness (QED) is 0.390. The summed E-state index contributed by atoms with van der Waals surface area (Å²) in [5.74, 6) is 1.02. The van der Waals surface area contributed by atoms with E-state index in [9.17, 15) is 13.2 Å². The summed E-state index contributed by atoms with van der Waals surface area (Å²) in [7, 11) is 0. The summed E-state index contributed by atoms with van der Waals surface area (Å²) in [4.78, 5) is 9.27. The van der Waals surface area contributed by atoms with Gasteiger partial charge in [0.25, 0.3) is 0 Å². The number of halogens is 4. The molecule has 4 rings (SSSR count). The van der Waals surface area contributed by atoms with E-state index >= 15 is 0 Å². The van der Waals surface area contributed by atoms with Crippen molar-refractivity contribution in [2.45, 2.75) is 44.3 Å². The van der Waals surface area contributed by atoms with E-state index in [-0.39, 0.29) is 0 Å². The highest BCUT2D eigenvalue weighted by Crippen LogP contribution is 2.35. The van der Waals surface area contributed by atoms with Crippen molar-refractivity contribution in [1.82, 2.24) is 9.97 Å². The highest BCUT2D eigenvalue weighted by atomic mass is 79.9. The van der Waals surface area contributed by atoms with Crippen molar-refractivity contribution in [1.29, 1.82) is 0 Å². The zero-order chi connectivity index (χ0) is 21.8. The molecule has 4 nitrogen and oxygen atoms in total. The van der Waals surface area contributed by atoms with Gasteiger partial charge >= 0.3 is 6.18 Å². The number of hydrogen-bond acceptors (Lipinski definition) is 4. The van der Waals surface area contributed by atoms with Crippen LogP contribution in [0, 0.1) is 0 Å². The molecule has 1 saturated carbocycles. The molecule has 1 fully saturated rings. The van der Waals surface area contributed by atoms with Crippen LogP contribution in [0.15, 0.2) is 59.1 Å². The van der Waals surface area contributed by atoms with Crippen LogP contribution >= 0.6 is 15.9 Å². The molecule has 1 aliphatic rings. The Balaban J connectivity index is 1.65. The predicted octanol–water partition coefficient (Wildman–Crippen LogP) is 7.41. The maximum absolute atomic E-state index is 13.0. The highest BCUT2D eigenvalue weighted by molar-refractivity contribution is 9.10. The van der Waals surface area contributed by atoms with E-state index in [0.717, 1.165) is 36.2 Å². The molecule has 1 aliphatic carbocycles. The Morgan fingerprint density at radius 3 is 2.32 bits per heavy atom. The lowest BCUT2D eigenvalue weighted by molar-refractivity contribution is -0.137. The second-order valence-corrected chi connectivity index (χ2v) is 8.48. The summed E-state index contributed by atoms with van der Waals surface area (Å²) in [5.41, 5.74) is 1.46. The van der Waals surface area contributed by atoms with Crippen LogP contribution in [-0.2, 0) is 6.18 Å². The van der Waals surface area contributed by atoms with Gasteiger partial charge in [-0.25, -0.2) is 4.98 Å². The maximum Gasteiger partial charge on any atom is 0.416 e. The highest BCUT2D eigenvalue weighted by Gasteiger charge is 2.30. The third kappa shape index (κ3) is 5.55. The fourth-order valence-corrected chi connectivity index (χ4v) is 4.17. The zero-order valence-corrected chi connectivity index (χ0v) is 18.3. The molecule has 2 aromatic carbocycles. The summed E-state index contributed by atoms with van der Waals surface area (Å²) in [6.45, 7) is 0. The van der Waals surface area contributed by atoms with Gasteiger partial charge in [-0.05, 0) is 47.0 Å². The maximum atomic E-state index is 13.0. The van der Waals surface area contributed by atoms with Gasteiger partial charge in [-0.15, -0.1) is 0 Å². The third-order valence-corrected chi connectivity index (χ3v) is 5.95. The fraction of sp³-hybridized carbons (Fsp3) is 0.304. The molecule has 0 spiro atoms. The minimum Gasteiger partial charge on any atom is -0.351 e. The van der Waals surface area contributed by atoms with Gasteiger partial charge in [-0.2, -0.15) is 18.2 Å². The molecule has 1 aromatic heterocycles. The Labute approximate surface area is 187 Å². The SMILES string of the molecule is FC(F)(F)c1ccc(Nc2cc(-c3ccccc3)nc(NC3CCCCC3)n2)c(Br)c1. The van der Waals surface area contributed by atoms with Gasteiger partial charge < -0.3 is 10.6 Å². The Hall–Kier alpha value is -2.61. The number of anilines is 3. The van der Waals surface area contributed by atoms with Crippen LogP contribution in [0.25, 0.3) is 11.3 Å². The summed E-state index contributed by atoms with van der Waals surface area (Å²) in [6, 6.07) is 15.4. The number of nitrogens with zero attached hydrogens (tertiary/aromatic N) is 2. The predicted molar refractivity (Wildman–Crippen MR) is 120 cm³/mol. The number of alkyl halides is 3. The Morgan fingerprint density at radius 1 is 0.903 bits per heavy atom. The average Bonchev–Trinajstić information content (AvgIpc) is 2.76. The summed E-state index contributed by atoms with van der Waals surface area (Å²) < 4.78 is 39.2. The van der Waals surface area contributed by atoms with Crippen LogP contribution < -0.4 is 10.6 Å². The van der Waals surface area contributed by atoms with Crippen molar-refractivity contribution in [2.24, 2.45) is 0 Å². The fourth-order valence-electron chi connectivity index (χ4n) is 3.69. The third-order valence-electron chi connectivity index (χ3n) is 5.29. The van der Waals surface area contributed by atoms with E-state index in [1.54, 1.807) is 6.07 Å². The van der Waals surface area contributed by atoms with Crippen LogP contribution in [-0.4, -0.2) is 16.0 Å². The van der Waals surface area contributed by atoms with E-state index < -0.39 is 11.7 Å². The van der Waals surface area contributed by atoms with Crippen molar-refractivity contribution >= 4 is 33.4 Å². The van der Waals surface area contributed by atoms with Crippen LogP contribution in [0.3, 0.4) is 0 Å². The summed E-state index contributed by atoms with van der Waals surface area (Å²) in [6.07, 6.45) is 1.36. The minimum atomic E-state index is -4.40. The van der Waals surface area contributed by atoms with E-state index in [4.69, 9.17) is 0 Å². The van der Waals surface area contributed by atoms with Gasteiger partial charge in [0.1, 0.15) is 5.82 Å². The molecule has 0 radical (unpaired) electrons. The normalized spacial score (nSPS) is 15.0. The molecule has 0 atom stereocenters. The smallest absolute Gasteiger partial charge is 0.351 e. The molecule has 162 valence electrons. The number of rotatable bonds is 5. The lowest BCUT2D eigenvalue weighted by Crippen LogP contribution is -2.23. The van der Waals surface area contributed by atoms with Gasteiger partial charge in [-0.1, -0.05) is 49.6 Å². The Morgan fingerprint density at radius 2 is 1.65 bits per heavy atom. The zero-order valence-electron chi connectivity index (χ0n) is 16.7. The first-order chi connectivity index (χ1) is 14.9. The lowest BCUT2D eigenvalue weighted by Gasteiger charge is -2.23. The summed E-state index contributed by atoms with van der Waals surface area (Å²) >= 11 is 3.24. The van der Waals surface area contributed by atoms with E-state index in [1.165, 1.54) is 25.3 Å². The number of hydrogen-bond donors (Lipinski definition) is 2. The molecule has 0 aliphatic heterocycles. The van der Waals surface area contributed by atoms with Crippen LogP contribution in [0.2, 0.25) is 0 Å². The van der Waals surface area contributed by atoms with E-state index in [1.807, 2.05) is 30.3 Å². The van der Waals surface area contributed by atoms with Crippen LogP contribution in [0.1, 0.15) is 37.7 Å². The molecule has 0 unspecified atom stereocenters. The molecule has 31 heavy (non-hydrogen) atoms. The van der Waals surface area contributed by atoms with Crippen molar-refractivity contribution in [3.8, 4) is 11.3 Å². The molecular weight excluding hydrogens is 469 g/mol. The Bertz CT molecular complexity index is 1030. The van der Waals surface area contributed by atoms with Crippen molar-refractivity contribution in [3.63, 3.8) is 0 Å². The number of nitrogens with one attached hydrogen (secondary N) is 2. The minimum absolute atomic E-state index is 0.309. The second-order valence-electron chi connectivity index (χ2n) is 7.62. The van der Waals surface area contributed by atoms with Crippen LogP contribution in [0.4, 0.5) is 30.6 Å². The van der Waals surface area contributed by atoms with Crippen molar-refractivity contribution in [3.05, 3.63) is 64.6 Å². The molecule has 8 heteroatoms. The van der Waals surface area contributed by atoms with Gasteiger partial charge in [0, 0.05) is 22.1 Å². The lowest BCUT2D eigenvalue weighted by atomic mass is 9.96. The molecule has 2 N–H and O–H groups in total. The average molecular weight is 491 g/mol. The number of aromatic nitrogens is 2. The monoisotopic (exact) mass is 490 g/mol. The van der Waals surface area contributed by atoms with Crippen LogP contribution in [0.5, 0.6) is 0 Å². The molecule has 1 heterocycles. The molecule has 3 aromatic rings. The van der Waals surface area contributed by atoms with Gasteiger partial charge in [0.2, 0.25) is 5.95 Å². The molecule has 0 amide bonds. The van der Waals surface area contributed by atoms with Gasteiger partial charge in [-0.3, -0.25) is 0 Å². The topological polar surface area (TPSA) is 49.8 Å². The van der Waals surface area contributed by atoms with Crippen molar-refractivity contribution < 1.29 is 13.2 Å². The van der Waals surface area contributed by atoms with E-state index in [0.29, 0.717) is 28.0 Å².